The van der Waals surface area contributed by atoms with Crippen LogP contribution in [-0.2, 0) is 19.4 Å². The Morgan fingerprint density at radius 3 is 2.79 bits per heavy atom. The Hall–Kier alpha value is -2.54. The van der Waals surface area contributed by atoms with E-state index in [2.05, 4.69) is 16.9 Å². The van der Waals surface area contributed by atoms with Gasteiger partial charge in [-0.15, -0.1) is 11.3 Å². The van der Waals surface area contributed by atoms with Crippen LogP contribution in [0.1, 0.15) is 62.8 Å². The molecule has 3 heterocycles. The number of rotatable bonds is 4. The van der Waals surface area contributed by atoms with Gasteiger partial charge in [0.25, 0.3) is 5.56 Å². The zero-order valence-electron chi connectivity index (χ0n) is 16.5. The van der Waals surface area contributed by atoms with Crippen molar-refractivity contribution in [1.82, 2.24) is 14.5 Å². The summed E-state index contributed by atoms with van der Waals surface area (Å²) in [6.07, 6.45) is 4.41. The van der Waals surface area contributed by atoms with E-state index in [0.29, 0.717) is 33.8 Å². The van der Waals surface area contributed by atoms with Gasteiger partial charge in [0, 0.05) is 16.1 Å². The molecule has 3 aromatic rings. The van der Waals surface area contributed by atoms with Crippen molar-refractivity contribution in [2.75, 3.05) is 0 Å². The van der Waals surface area contributed by atoms with Crippen LogP contribution in [-0.4, -0.2) is 26.1 Å². The summed E-state index contributed by atoms with van der Waals surface area (Å²) in [4.78, 5) is 47.2. The average Bonchev–Trinajstić information content (AvgIpc) is 3.14. The van der Waals surface area contributed by atoms with Gasteiger partial charge in [0.2, 0.25) is 0 Å². The number of Topliss-reactive ketones (excluding diaryl/α,β-unsaturated/α-hetero) is 2. The molecule has 0 spiro atoms. The van der Waals surface area contributed by atoms with Crippen LogP contribution in [0.15, 0.2) is 11.1 Å². The van der Waals surface area contributed by atoms with Gasteiger partial charge in [-0.3, -0.25) is 19.0 Å². The Balaban J connectivity index is 1.72. The molecule has 1 aliphatic carbocycles. The number of aryl methyl sites for hydroxylation is 2. The largest absolute Gasteiger partial charge is 0.355 e. The van der Waals surface area contributed by atoms with Crippen molar-refractivity contribution in [3.8, 4) is 0 Å². The highest BCUT2D eigenvalue weighted by molar-refractivity contribution is 7.18. The number of hydrogen-bond acceptors (Lipinski definition) is 5. The van der Waals surface area contributed by atoms with Crippen molar-refractivity contribution in [3.05, 3.63) is 49.6 Å². The Labute approximate surface area is 166 Å². The second kappa shape index (κ2) is 6.81. The summed E-state index contributed by atoms with van der Waals surface area (Å²) >= 11 is 1.60. The molecule has 0 bridgehead atoms. The van der Waals surface area contributed by atoms with E-state index >= 15 is 0 Å². The van der Waals surface area contributed by atoms with Crippen LogP contribution >= 0.6 is 11.3 Å². The second-order valence-corrected chi connectivity index (χ2v) is 8.90. The first-order valence-corrected chi connectivity index (χ1v) is 10.3. The van der Waals surface area contributed by atoms with E-state index in [1.165, 1.54) is 22.7 Å². The Morgan fingerprint density at radius 1 is 1.36 bits per heavy atom. The average molecular weight is 398 g/mol. The van der Waals surface area contributed by atoms with Gasteiger partial charge in [-0.2, -0.15) is 0 Å². The fraction of sp³-hybridized carbons (Fsp3) is 0.429. The fourth-order valence-electron chi connectivity index (χ4n) is 4.27. The number of ketones is 2. The van der Waals surface area contributed by atoms with Crippen LogP contribution in [0.5, 0.6) is 0 Å². The van der Waals surface area contributed by atoms with Crippen LogP contribution in [0, 0.1) is 19.8 Å². The zero-order valence-corrected chi connectivity index (χ0v) is 17.3. The van der Waals surface area contributed by atoms with Gasteiger partial charge in [-0.25, -0.2) is 4.98 Å². The molecule has 4 rings (SSSR count). The van der Waals surface area contributed by atoms with Crippen molar-refractivity contribution in [2.24, 2.45) is 5.92 Å². The second-order valence-electron chi connectivity index (χ2n) is 7.81. The number of thiophene rings is 1. The lowest BCUT2D eigenvalue weighted by molar-refractivity contribution is 0.0965. The molecule has 0 radical (unpaired) electrons. The van der Waals surface area contributed by atoms with E-state index in [4.69, 9.17) is 0 Å². The molecule has 1 N–H and O–H groups in total. The highest BCUT2D eigenvalue weighted by Crippen LogP contribution is 2.35. The summed E-state index contributed by atoms with van der Waals surface area (Å²) in [5, 5.41) is 0.672. The minimum Gasteiger partial charge on any atom is -0.355 e. The molecule has 7 heteroatoms. The van der Waals surface area contributed by atoms with E-state index in [-0.39, 0.29) is 23.7 Å². The highest BCUT2D eigenvalue weighted by Gasteiger charge is 2.24. The summed E-state index contributed by atoms with van der Waals surface area (Å²) in [5.74, 6) is 0.317. The molecular formula is C21H23N3O3S. The molecule has 0 aromatic carbocycles. The van der Waals surface area contributed by atoms with Gasteiger partial charge in [0.15, 0.2) is 11.6 Å². The normalized spacial score (nSPS) is 16.4. The number of nitrogens with one attached hydrogen (secondary N) is 1. The number of nitrogens with zero attached hydrogens (tertiary/aromatic N) is 2. The van der Waals surface area contributed by atoms with Crippen molar-refractivity contribution < 1.29 is 9.59 Å². The third-order valence-electron chi connectivity index (χ3n) is 5.66. The zero-order chi connectivity index (χ0) is 20.2. The number of fused-ring (bicyclic) bond motifs is 3. The standard InChI is InChI=1S/C21H23N3O3S/c1-10-5-6-14-16(7-10)28-20-18(14)21(27)24(9-22-20)8-15(26)19-11(2)17(13(4)25)12(3)23-19/h9-10,23H,5-8H2,1-4H3/t10-/m1/s1. The molecule has 0 unspecified atom stereocenters. The predicted octanol–water partition coefficient (Wildman–Crippen LogP) is 3.61. The van der Waals surface area contributed by atoms with E-state index in [9.17, 15) is 14.4 Å². The summed E-state index contributed by atoms with van der Waals surface area (Å²) in [6.45, 7) is 7.15. The van der Waals surface area contributed by atoms with Gasteiger partial charge in [-0.1, -0.05) is 6.92 Å². The summed E-state index contributed by atoms with van der Waals surface area (Å²) < 4.78 is 1.39. The van der Waals surface area contributed by atoms with E-state index < -0.39 is 0 Å². The number of H-pyrrole nitrogens is 1. The molecule has 28 heavy (non-hydrogen) atoms. The molecule has 1 atom stereocenters. The first-order valence-electron chi connectivity index (χ1n) is 9.50. The minimum absolute atomic E-state index is 0.0790. The molecule has 1 aliphatic rings. The van der Waals surface area contributed by atoms with Crippen molar-refractivity contribution >= 4 is 33.1 Å². The monoisotopic (exact) mass is 397 g/mol. The van der Waals surface area contributed by atoms with E-state index in [1.54, 1.807) is 25.2 Å². The number of hydrogen-bond donors (Lipinski definition) is 1. The molecule has 0 fully saturated rings. The van der Waals surface area contributed by atoms with Crippen LogP contribution in [0.3, 0.4) is 0 Å². The third kappa shape index (κ3) is 2.94. The summed E-state index contributed by atoms with van der Waals surface area (Å²) in [5.41, 5.74) is 3.21. The maximum absolute atomic E-state index is 13.1. The third-order valence-corrected chi connectivity index (χ3v) is 6.83. The minimum atomic E-state index is -0.228. The molecule has 0 saturated heterocycles. The van der Waals surface area contributed by atoms with Gasteiger partial charge in [-0.05, 0) is 57.1 Å². The van der Waals surface area contributed by atoms with Gasteiger partial charge in [0.05, 0.1) is 24.0 Å². The van der Waals surface area contributed by atoms with E-state index in [0.717, 1.165) is 29.7 Å². The SMILES string of the molecule is CC(=O)c1c(C)[nH]c(C(=O)Cn2cnc3sc4c(c3c2=O)CC[C@@H](C)C4)c1C. The first-order chi connectivity index (χ1) is 13.3. The quantitative estimate of drug-likeness (QED) is 0.682. The van der Waals surface area contributed by atoms with Crippen LogP contribution in [0.2, 0.25) is 0 Å². The summed E-state index contributed by atoms with van der Waals surface area (Å²) in [6, 6.07) is 0. The smallest absolute Gasteiger partial charge is 0.262 e. The molecule has 0 aliphatic heterocycles. The number of aromatic amines is 1. The molecule has 6 nitrogen and oxygen atoms in total. The van der Waals surface area contributed by atoms with Crippen molar-refractivity contribution in [3.63, 3.8) is 0 Å². The topological polar surface area (TPSA) is 84.8 Å². The van der Waals surface area contributed by atoms with Crippen LogP contribution in [0.4, 0.5) is 0 Å². The van der Waals surface area contributed by atoms with Gasteiger partial charge >= 0.3 is 0 Å². The van der Waals surface area contributed by atoms with Crippen LogP contribution < -0.4 is 5.56 Å². The van der Waals surface area contributed by atoms with E-state index in [1.807, 2.05) is 0 Å². The van der Waals surface area contributed by atoms with Crippen molar-refractivity contribution in [2.45, 2.75) is 53.5 Å². The number of aromatic nitrogens is 3. The summed E-state index contributed by atoms with van der Waals surface area (Å²) in [7, 11) is 0. The molecule has 0 amide bonds. The predicted molar refractivity (Wildman–Crippen MR) is 110 cm³/mol. The Bertz CT molecular complexity index is 1180. The van der Waals surface area contributed by atoms with Gasteiger partial charge in [0.1, 0.15) is 4.83 Å². The lowest BCUT2D eigenvalue weighted by atomic mass is 9.89. The van der Waals surface area contributed by atoms with Gasteiger partial charge < -0.3 is 4.98 Å². The maximum Gasteiger partial charge on any atom is 0.262 e. The molecule has 0 saturated carbocycles. The highest BCUT2D eigenvalue weighted by atomic mass is 32.1. The fourth-order valence-corrected chi connectivity index (χ4v) is 5.61. The Morgan fingerprint density at radius 2 is 2.11 bits per heavy atom. The van der Waals surface area contributed by atoms with Crippen molar-refractivity contribution in [1.29, 1.82) is 0 Å². The number of carbonyl (C=O) groups excluding carboxylic acids is 2. The number of carbonyl (C=O) groups is 2. The lowest BCUT2D eigenvalue weighted by Gasteiger charge is -2.17. The molecule has 146 valence electrons. The Kier molecular flexibility index (Phi) is 4.57. The lowest BCUT2D eigenvalue weighted by Crippen LogP contribution is -2.25. The van der Waals surface area contributed by atoms with Crippen LogP contribution in [0.25, 0.3) is 10.2 Å². The molecule has 3 aromatic heterocycles. The maximum atomic E-state index is 13.1. The molecular weight excluding hydrogens is 374 g/mol. The first kappa shape index (κ1) is 18.8.